The number of aromatic nitrogens is 3. The van der Waals surface area contributed by atoms with Crippen molar-refractivity contribution in [3.8, 4) is 0 Å². The van der Waals surface area contributed by atoms with Crippen LogP contribution in [-0.2, 0) is 0 Å². The molecule has 2 aromatic rings. The molecule has 3 rings (SSSR count). The van der Waals surface area contributed by atoms with Crippen molar-refractivity contribution in [1.82, 2.24) is 20.0 Å². The number of rotatable bonds is 3. The van der Waals surface area contributed by atoms with E-state index in [4.69, 9.17) is 4.52 Å². The number of carbonyl (C=O) groups excluding carboxylic acids is 1. The lowest BCUT2D eigenvalue weighted by Gasteiger charge is -2.21. The Balaban J connectivity index is 1.66. The Morgan fingerprint density at radius 1 is 1.17 bits per heavy atom. The Labute approximate surface area is 135 Å². The van der Waals surface area contributed by atoms with Gasteiger partial charge in [0, 0.05) is 50.1 Å². The molecule has 1 saturated heterocycles. The third-order valence-electron chi connectivity index (χ3n) is 3.93. The zero-order chi connectivity index (χ0) is 16.2. The molecule has 7 heteroatoms. The fourth-order valence-corrected chi connectivity index (χ4v) is 2.58. The summed E-state index contributed by atoms with van der Waals surface area (Å²) in [5.41, 5.74) is 0.674. The van der Waals surface area contributed by atoms with Crippen LogP contribution >= 0.6 is 0 Å². The number of hydrogen-bond acceptors (Lipinski definition) is 6. The van der Waals surface area contributed by atoms with Gasteiger partial charge >= 0.3 is 6.01 Å². The van der Waals surface area contributed by atoms with Crippen LogP contribution in [0.3, 0.4) is 0 Å². The molecule has 0 bridgehead atoms. The van der Waals surface area contributed by atoms with Gasteiger partial charge in [0.1, 0.15) is 0 Å². The molecule has 0 aliphatic carbocycles. The molecule has 1 amide bonds. The highest BCUT2D eigenvalue weighted by Crippen LogP contribution is 2.18. The van der Waals surface area contributed by atoms with Crippen LogP contribution in [0.15, 0.2) is 29.0 Å². The van der Waals surface area contributed by atoms with Crippen LogP contribution in [0.1, 0.15) is 42.4 Å². The summed E-state index contributed by atoms with van der Waals surface area (Å²) in [4.78, 5) is 24.8. The van der Waals surface area contributed by atoms with Crippen molar-refractivity contribution in [2.75, 3.05) is 31.1 Å². The number of pyridine rings is 1. The highest BCUT2D eigenvalue weighted by Gasteiger charge is 2.23. The first-order chi connectivity index (χ1) is 11.1. The van der Waals surface area contributed by atoms with Gasteiger partial charge in [-0.15, -0.1) is 0 Å². The molecule has 0 unspecified atom stereocenters. The van der Waals surface area contributed by atoms with Gasteiger partial charge in [-0.3, -0.25) is 9.78 Å². The molecule has 3 heterocycles. The molecular weight excluding hydrogens is 294 g/mol. The Bertz CT molecular complexity index is 656. The van der Waals surface area contributed by atoms with Gasteiger partial charge < -0.3 is 14.3 Å². The standard InChI is InChI=1S/C16H21N5O2/c1-12(2)14-18-16(23-19-14)21-9-3-8-20(10-11-21)15(22)13-4-6-17-7-5-13/h4-7,12H,3,8-11H2,1-2H3. The molecule has 1 aliphatic heterocycles. The van der Waals surface area contributed by atoms with Crippen molar-refractivity contribution in [2.45, 2.75) is 26.2 Å². The molecule has 122 valence electrons. The fraction of sp³-hybridized carbons (Fsp3) is 0.500. The predicted molar refractivity (Wildman–Crippen MR) is 85.4 cm³/mol. The van der Waals surface area contributed by atoms with Crippen molar-refractivity contribution in [3.63, 3.8) is 0 Å². The Hall–Kier alpha value is -2.44. The smallest absolute Gasteiger partial charge is 0.324 e. The first-order valence-corrected chi connectivity index (χ1v) is 7.93. The van der Waals surface area contributed by atoms with Crippen LogP contribution in [0.25, 0.3) is 0 Å². The normalized spacial score (nSPS) is 15.8. The Morgan fingerprint density at radius 2 is 1.96 bits per heavy atom. The summed E-state index contributed by atoms with van der Waals surface area (Å²) in [6, 6.07) is 4.04. The summed E-state index contributed by atoms with van der Waals surface area (Å²) in [6.45, 7) is 6.93. The van der Waals surface area contributed by atoms with Crippen molar-refractivity contribution in [1.29, 1.82) is 0 Å². The highest BCUT2D eigenvalue weighted by molar-refractivity contribution is 5.94. The fourth-order valence-electron chi connectivity index (χ4n) is 2.58. The number of nitrogens with zero attached hydrogens (tertiary/aromatic N) is 5. The molecule has 0 saturated carbocycles. The number of anilines is 1. The lowest BCUT2D eigenvalue weighted by atomic mass is 10.2. The van der Waals surface area contributed by atoms with E-state index in [0.29, 0.717) is 30.5 Å². The van der Waals surface area contributed by atoms with Crippen molar-refractivity contribution in [2.24, 2.45) is 0 Å². The third kappa shape index (κ3) is 3.49. The van der Waals surface area contributed by atoms with Crippen molar-refractivity contribution >= 4 is 11.9 Å². The van der Waals surface area contributed by atoms with E-state index >= 15 is 0 Å². The lowest BCUT2D eigenvalue weighted by molar-refractivity contribution is 0.0766. The summed E-state index contributed by atoms with van der Waals surface area (Å²) in [6.07, 6.45) is 4.16. The van der Waals surface area contributed by atoms with Gasteiger partial charge in [-0.1, -0.05) is 19.0 Å². The van der Waals surface area contributed by atoms with Crippen LogP contribution in [0.5, 0.6) is 0 Å². The third-order valence-corrected chi connectivity index (χ3v) is 3.93. The molecule has 2 aromatic heterocycles. The van der Waals surface area contributed by atoms with E-state index in [2.05, 4.69) is 20.0 Å². The highest BCUT2D eigenvalue weighted by atomic mass is 16.5. The molecule has 0 radical (unpaired) electrons. The maximum atomic E-state index is 12.5. The largest absolute Gasteiger partial charge is 0.337 e. The molecule has 1 aliphatic rings. The van der Waals surface area contributed by atoms with Gasteiger partial charge in [-0.05, 0) is 18.6 Å². The minimum absolute atomic E-state index is 0.0441. The molecule has 0 N–H and O–H groups in total. The average molecular weight is 315 g/mol. The maximum Gasteiger partial charge on any atom is 0.324 e. The molecule has 7 nitrogen and oxygen atoms in total. The summed E-state index contributed by atoms with van der Waals surface area (Å²) in [5, 5.41) is 4.01. The molecule has 0 spiro atoms. The van der Waals surface area contributed by atoms with Gasteiger partial charge in [0.15, 0.2) is 5.82 Å². The second-order valence-corrected chi connectivity index (χ2v) is 5.96. The molecule has 0 aromatic carbocycles. The quantitative estimate of drug-likeness (QED) is 0.861. The van der Waals surface area contributed by atoms with Gasteiger partial charge in [0.05, 0.1) is 0 Å². The van der Waals surface area contributed by atoms with Crippen molar-refractivity contribution < 1.29 is 9.32 Å². The van der Waals surface area contributed by atoms with Crippen LogP contribution in [0, 0.1) is 0 Å². The van der Waals surface area contributed by atoms with Gasteiger partial charge in [0.25, 0.3) is 5.91 Å². The molecular formula is C16H21N5O2. The second-order valence-electron chi connectivity index (χ2n) is 5.96. The van der Waals surface area contributed by atoms with Gasteiger partial charge in [-0.2, -0.15) is 4.98 Å². The van der Waals surface area contributed by atoms with Crippen molar-refractivity contribution in [3.05, 3.63) is 35.9 Å². The summed E-state index contributed by atoms with van der Waals surface area (Å²) in [5.74, 6) is 1.00. The summed E-state index contributed by atoms with van der Waals surface area (Å²) in [7, 11) is 0. The molecule has 1 fully saturated rings. The minimum atomic E-state index is 0.0441. The van der Waals surface area contributed by atoms with Gasteiger partial charge in [-0.25, -0.2) is 0 Å². The van der Waals surface area contributed by atoms with Crippen LogP contribution in [0.2, 0.25) is 0 Å². The summed E-state index contributed by atoms with van der Waals surface area (Å²) >= 11 is 0. The summed E-state index contributed by atoms with van der Waals surface area (Å²) < 4.78 is 5.35. The van der Waals surface area contributed by atoms with E-state index in [0.717, 1.165) is 19.5 Å². The van der Waals surface area contributed by atoms with E-state index in [1.807, 2.05) is 18.7 Å². The second kappa shape index (κ2) is 6.76. The Morgan fingerprint density at radius 3 is 2.65 bits per heavy atom. The zero-order valence-electron chi connectivity index (χ0n) is 13.5. The van der Waals surface area contributed by atoms with E-state index in [-0.39, 0.29) is 11.8 Å². The lowest BCUT2D eigenvalue weighted by Crippen LogP contribution is -2.35. The van der Waals surface area contributed by atoms with Crippen LogP contribution in [0.4, 0.5) is 6.01 Å². The minimum Gasteiger partial charge on any atom is -0.337 e. The first-order valence-electron chi connectivity index (χ1n) is 7.93. The first kappa shape index (κ1) is 15.5. The van der Waals surface area contributed by atoms with Gasteiger partial charge in [0.2, 0.25) is 0 Å². The zero-order valence-corrected chi connectivity index (χ0v) is 13.5. The van der Waals surface area contributed by atoms with E-state index in [1.165, 1.54) is 0 Å². The van der Waals surface area contributed by atoms with E-state index in [9.17, 15) is 4.79 Å². The van der Waals surface area contributed by atoms with E-state index in [1.54, 1.807) is 24.5 Å². The topological polar surface area (TPSA) is 75.4 Å². The Kier molecular flexibility index (Phi) is 4.55. The predicted octanol–water partition coefficient (Wildman–Crippen LogP) is 1.94. The molecule has 0 atom stereocenters. The van der Waals surface area contributed by atoms with Crippen LogP contribution in [-0.4, -0.2) is 52.1 Å². The number of amides is 1. The van der Waals surface area contributed by atoms with E-state index < -0.39 is 0 Å². The monoisotopic (exact) mass is 315 g/mol. The number of carbonyl (C=O) groups is 1. The molecule has 23 heavy (non-hydrogen) atoms. The van der Waals surface area contributed by atoms with Crippen LogP contribution < -0.4 is 4.90 Å². The number of hydrogen-bond donors (Lipinski definition) is 0. The average Bonchev–Trinajstić information content (AvgIpc) is 2.94. The SMILES string of the molecule is CC(C)c1noc(N2CCCN(C(=O)c3ccncc3)CC2)n1. The maximum absolute atomic E-state index is 12.5.